The van der Waals surface area contributed by atoms with E-state index in [0.717, 1.165) is 5.56 Å². The van der Waals surface area contributed by atoms with Gasteiger partial charge < -0.3 is 19.9 Å². The molecular weight excluding hydrogens is 386 g/mol. The topological polar surface area (TPSA) is 84.9 Å². The molecule has 0 radical (unpaired) electrons. The van der Waals surface area contributed by atoms with Crippen LogP contribution in [0.1, 0.15) is 12.0 Å². The quantitative estimate of drug-likeness (QED) is 0.407. The average molecular weight is 408 g/mol. The second-order valence-electron chi connectivity index (χ2n) is 5.05. The number of rotatable bonds is 12. The zero-order valence-corrected chi connectivity index (χ0v) is 16.5. The van der Waals surface area contributed by atoms with Gasteiger partial charge in [0.15, 0.2) is 6.10 Å². The van der Waals surface area contributed by atoms with E-state index >= 15 is 0 Å². The fraction of sp³-hybridized carbons (Fsp3) is 0.500. The van der Waals surface area contributed by atoms with Crippen molar-refractivity contribution in [2.45, 2.75) is 19.4 Å². The standard InChI is InChI=1S/C16H22ClNO5S2/c1-11-9-12(17)3-4-13(11)23-14(10-22-2)16(21)18-6-8-25-24-7-5-15(19)20/h3-4,9,14H,5-8,10H2,1-2H3,(H,18,21)(H,19,20). The minimum atomic E-state index is -0.807. The molecule has 6 nitrogen and oxygen atoms in total. The predicted octanol–water partition coefficient (Wildman–Crippen LogP) is 3.01. The van der Waals surface area contributed by atoms with Gasteiger partial charge in [-0.3, -0.25) is 9.59 Å². The number of carboxylic acids is 1. The molecule has 0 heterocycles. The van der Waals surface area contributed by atoms with Crippen LogP contribution >= 0.6 is 33.2 Å². The van der Waals surface area contributed by atoms with Crippen molar-refractivity contribution >= 4 is 45.1 Å². The monoisotopic (exact) mass is 407 g/mol. The zero-order chi connectivity index (χ0) is 18.7. The van der Waals surface area contributed by atoms with Gasteiger partial charge in [-0.2, -0.15) is 0 Å². The van der Waals surface area contributed by atoms with Crippen LogP contribution in [0.5, 0.6) is 5.75 Å². The molecule has 0 aliphatic rings. The predicted molar refractivity (Wildman–Crippen MR) is 103 cm³/mol. The van der Waals surface area contributed by atoms with E-state index in [1.54, 1.807) is 18.2 Å². The van der Waals surface area contributed by atoms with Crippen LogP contribution in [0.4, 0.5) is 0 Å². The molecule has 1 atom stereocenters. The van der Waals surface area contributed by atoms with Crippen LogP contribution in [0.2, 0.25) is 5.02 Å². The summed E-state index contributed by atoms with van der Waals surface area (Å²) in [5.41, 5.74) is 0.840. The van der Waals surface area contributed by atoms with Gasteiger partial charge in [0.25, 0.3) is 5.91 Å². The van der Waals surface area contributed by atoms with Crippen LogP contribution in [0.15, 0.2) is 18.2 Å². The maximum absolute atomic E-state index is 12.3. The number of hydrogen-bond donors (Lipinski definition) is 2. The lowest BCUT2D eigenvalue weighted by atomic mass is 10.2. The van der Waals surface area contributed by atoms with Gasteiger partial charge in [0.05, 0.1) is 13.0 Å². The number of carbonyl (C=O) groups is 2. The Hall–Kier alpha value is -1.09. The lowest BCUT2D eigenvalue weighted by Crippen LogP contribution is -2.42. The van der Waals surface area contributed by atoms with Gasteiger partial charge in [-0.05, 0) is 30.7 Å². The Balaban J connectivity index is 2.39. The van der Waals surface area contributed by atoms with E-state index in [0.29, 0.717) is 28.8 Å². The van der Waals surface area contributed by atoms with Crippen LogP contribution in [0.3, 0.4) is 0 Å². The number of aliphatic carboxylic acids is 1. The molecule has 0 aliphatic heterocycles. The molecule has 0 aromatic heterocycles. The summed E-state index contributed by atoms with van der Waals surface area (Å²) in [7, 11) is 4.50. The van der Waals surface area contributed by atoms with Crippen LogP contribution in [0.25, 0.3) is 0 Å². The van der Waals surface area contributed by atoms with E-state index in [4.69, 9.17) is 26.2 Å². The number of hydrogen-bond acceptors (Lipinski definition) is 6. The third-order valence-electron chi connectivity index (χ3n) is 2.98. The molecule has 25 heavy (non-hydrogen) atoms. The van der Waals surface area contributed by atoms with Crippen molar-refractivity contribution in [1.29, 1.82) is 0 Å². The molecule has 0 bridgehead atoms. The summed E-state index contributed by atoms with van der Waals surface area (Å²) >= 11 is 5.92. The second kappa shape index (κ2) is 12.3. The number of carbonyl (C=O) groups excluding carboxylic acids is 1. The van der Waals surface area contributed by atoms with Gasteiger partial charge in [-0.25, -0.2) is 0 Å². The van der Waals surface area contributed by atoms with Crippen LogP contribution in [-0.2, 0) is 14.3 Å². The summed E-state index contributed by atoms with van der Waals surface area (Å²) in [5, 5.41) is 11.9. The Bertz CT molecular complexity index is 573. The van der Waals surface area contributed by atoms with Gasteiger partial charge in [0, 0.05) is 30.2 Å². The molecule has 1 aromatic rings. The Morgan fingerprint density at radius 1 is 1.32 bits per heavy atom. The number of aryl methyl sites for hydroxylation is 1. The highest BCUT2D eigenvalue weighted by atomic mass is 35.5. The highest BCUT2D eigenvalue weighted by Gasteiger charge is 2.20. The van der Waals surface area contributed by atoms with Crippen molar-refractivity contribution in [3.63, 3.8) is 0 Å². The third kappa shape index (κ3) is 9.25. The minimum absolute atomic E-state index is 0.133. The molecule has 2 N–H and O–H groups in total. The Morgan fingerprint density at radius 3 is 2.68 bits per heavy atom. The molecule has 1 rings (SSSR count). The van der Waals surface area contributed by atoms with Gasteiger partial charge >= 0.3 is 5.97 Å². The fourth-order valence-corrected chi connectivity index (χ4v) is 3.90. The molecule has 0 saturated heterocycles. The van der Waals surface area contributed by atoms with Crippen LogP contribution in [-0.4, -0.2) is 54.9 Å². The number of carboxylic acid groups (broad SMARTS) is 1. The first kappa shape index (κ1) is 22.0. The summed E-state index contributed by atoms with van der Waals surface area (Å²) in [6.07, 6.45) is -0.622. The second-order valence-corrected chi connectivity index (χ2v) is 8.19. The molecule has 0 aliphatic carbocycles. The highest BCUT2D eigenvalue weighted by molar-refractivity contribution is 8.76. The maximum atomic E-state index is 12.3. The zero-order valence-electron chi connectivity index (χ0n) is 14.1. The Labute approximate surface area is 160 Å². The van der Waals surface area contributed by atoms with E-state index in [1.165, 1.54) is 28.7 Å². The molecule has 0 spiro atoms. The molecule has 1 unspecified atom stereocenters. The molecule has 9 heteroatoms. The summed E-state index contributed by atoms with van der Waals surface area (Å²) in [6.45, 7) is 2.45. The van der Waals surface area contributed by atoms with E-state index in [9.17, 15) is 9.59 Å². The molecular formula is C16H22ClNO5S2. The summed E-state index contributed by atoms with van der Waals surface area (Å²) in [5.74, 6) is 0.737. The average Bonchev–Trinajstić information content (AvgIpc) is 2.55. The molecule has 0 fully saturated rings. The number of methoxy groups -OCH3 is 1. The lowest BCUT2D eigenvalue weighted by molar-refractivity contribution is -0.136. The van der Waals surface area contributed by atoms with Crippen molar-refractivity contribution in [3.8, 4) is 5.75 Å². The largest absolute Gasteiger partial charge is 0.481 e. The first-order valence-electron chi connectivity index (χ1n) is 7.59. The van der Waals surface area contributed by atoms with E-state index in [1.807, 2.05) is 6.92 Å². The molecule has 140 valence electrons. The number of ether oxygens (including phenoxy) is 2. The van der Waals surface area contributed by atoms with Gasteiger partial charge in [0.1, 0.15) is 5.75 Å². The van der Waals surface area contributed by atoms with Crippen molar-refractivity contribution in [3.05, 3.63) is 28.8 Å². The van der Waals surface area contributed by atoms with E-state index in [-0.39, 0.29) is 18.9 Å². The fourth-order valence-electron chi connectivity index (χ4n) is 1.79. The normalized spacial score (nSPS) is 11.8. The van der Waals surface area contributed by atoms with Gasteiger partial charge in [0.2, 0.25) is 0 Å². The van der Waals surface area contributed by atoms with Crippen molar-refractivity contribution in [2.75, 3.05) is 31.8 Å². The maximum Gasteiger partial charge on any atom is 0.304 e. The summed E-state index contributed by atoms with van der Waals surface area (Å²) in [4.78, 5) is 22.7. The Morgan fingerprint density at radius 2 is 2.04 bits per heavy atom. The lowest BCUT2D eigenvalue weighted by Gasteiger charge is -2.19. The van der Waals surface area contributed by atoms with E-state index in [2.05, 4.69) is 5.32 Å². The smallest absolute Gasteiger partial charge is 0.304 e. The van der Waals surface area contributed by atoms with Gasteiger partial charge in [-0.1, -0.05) is 33.2 Å². The summed E-state index contributed by atoms with van der Waals surface area (Å²) in [6, 6.07) is 5.20. The number of benzene rings is 1. The summed E-state index contributed by atoms with van der Waals surface area (Å²) < 4.78 is 10.8. The minimum Gasteiger partial charge on any atom is -0.481 e. The molecule has 0 saturated carbocycles. The first-order chi connectivity index (χ1) is 11.9. The van der Waals surface area contributed by atoms with Crippen molar-refractivity contribution in [2.24, 2.45) is 0 Å². The highest BCUT2D eigenvalue weighted by Crippen LogP contribution is 2.23. The number of amides is 1. The van der Waals surface area contributed by atoms with Crippen molar-refractivity contribution < 1.29 is 24.2 Å². The molecule has 1 amide bonds. The van der Waals surface area contributed by atoms with E-state index < -0.39 is 12.1 Å². The van der Waals surface area contributed by atoms with Crippen molar-refractivity contribution in [1.82, 2.24) is 5.32 Å². The number of halogens is 1. The third-order valence-corrected chi connectivity index (χ3v) is 5.63. The van der Waals surface area contributed by atoms with Crippen LogP contribution in [0, 0.1) is 6.92 Å². The van der Waals surface area contributed by atoms with Crippen LogP contribution < -0.4 is 10.1 Å². The molecule has 1 aromatic carbocycles. The van der Waals surface area contributed by atoms with Gasteiger partial charge in [-0.15, -0.1) is 0 Å². The SMILES string of the molecule is COCC(Oc1ccc(Cl)cc1C)C(=O)NCCSSCCC(=O)O. The Kier molecular flexibility index (Phi) is 10.8. The number of nitrogens with one attached hydrogen (secondary N) is 1. The first-order valence-corrected chi connectivity index (χ1v) is 10.5.